The summed E-state index contributed by atoms with van der Waals surface area (Å²) in [7, 11) is 0. The number of rotatable bonds is 9. The highest BCUT2D eigenvalue weighted by molar-refractivity contribution is 7.16. The lowest BCUT2D eigenvalue weighted by Crippen LogP contribution is -2.57. The van der Waals surface area contributed by atoms with Crippen LogP contribution < -0.4 is 10.2 Å². The van der Waals surface area contributed by atoms with Crippen molar-refractivity contribution >= 4 is 38.4 Å². The van der Waals surface area contributed by atoms with Crippen molar-refractivity contribution in [3.8, 4) is 5.75 Å². The first-order valence-electron chi connectivity index (χ1n) is 16.0. The maximum Gasteiger partial charge on any atom is 0.305 e. The molecule has 0 saturated carbocycles. The lowest BCUT2D eigenvalue weighted by molar-refractivity contribution is -0.127. The van der Waals surface area contributed by atoms with Crippen molar-refractivity contribution < 1.29 is 24.1 Å². The summed E-state index contributed by atoms with van der Waals surface area (Å²) in [6.45, 7) is 4.65. The van der Waals surface area contributed by atoms with E-state index in [9.17, 15) is 24.2 Å². The first-order valence-corrected chi connectivity index (χ1v) is 16.8. The topological polar surface area (TPSA) is 134 Å². The minimum absolute atomic E-state index is 0.0274. The zero-order chi connectivity index (χ0) is 32.5. The van der Waals surface area contributed by atoms with Crippen LogP contribution in [0.4, 0.5) is 4.39 Å². The SMILES string of the molecule is O=C(c1ccc2cc[nH]c2c1)N1CCOC2(CCN(Cc3cc(F)cc(CCNCC(O)c4ccc(O)c5[nH]c(=O)sc45)c3)CC2)C1. The highest BCUT2D eigenvalue weighted by Crippen LogP contribution is 2.33. The van der Waals surface area contributed by atoms with Gasteiger partial charge >= 0.3 is 4.87 Å². The second-order valence-corrected chi connectivity index (χ2v) is 13.6. The van der Waals surface area contributed by atoms with Crippen LogP contribution >= 0.6 is 11.3 Å². The van der Waals surface area contributed by atoms with Crippen LogP contribution in [0, 0.1) is 5.82 Å². The number of phenols is 1. The molecule has 10 nitrogen and oxygen atoms in total. The average Bonchev–Trinajstić information content (AvgIpc) is 3.70. The Kier molecular flexibility index (Phi) is 8.86. The van der Waals surface area contributed by atoms with Crippen molar-refractivity contribution in [1.82, 2.24) is 25.1 Å². The van der Waals surface area contributed by atoms with Crippen molar-refractivity contribution in [2.24, 2.45) is 0 Å². The number of likely N-dealkylation sites (tertiary alicyclic amines) is 1. The summed E-state index contributed by atoms with van der Waals surface area (Å²) >= 11 is 0.954. The van der Waals surface area contributed by atoms with Gasteiger partial charge in [0.1, 0.15) is 17.1 Å². The summed E-state index contributed by atoms with van der Waals surface area (Å²) in [6.07, 6.45) is 3.18. The van der Waals surface area contributed by atoms with E-state index in [1.54, 1.807) is 18.2 Å². The minimum Gasteiger partial charge on any atom is -0.506 e. The number of morpholine rings is 1. The quantitative estimate of drug-likeness (QED) is 0.149. The lowest BCUT2D eigenvalue weighted by atomic mass is 9.88. The fourth-order valence-electron chi connectivity index (χ4n) is 6.90. The number of hydrogen-bond donors (Lipinski definition) is 5. The van der Waals surface area contributed by atoms with Crippen LogP contribution in [0.25, 0.3) is 21.1 Å². The van der Waals surface area contributed by atoms with E-state index in [4.69, 9.17) is 4.74 Å². The Labute approximate surface area is 274 Å². The Morgan fingerprint density at radius 1 is 1.09 bits per heavy atom. The van der Waals surface area contributed by atoms with Crippen molar-refractivity contribution in [2.45, 2.75) is 37.5 Å². The fraction of sp³-hybridized carbons (Fsp3) is 0.371. The Morgan fingerprint density at radius 3 is 2.77 bits per heavy atom. The van der Waals surface area contributed by atoms with Gasteiger partial charge in [-0.25, -0.2) is 4.39 Å². The van der Waals surface area contributed by atoms with Gasteiger partial charge in [0.15, 0.2) is 0 Å². The molecule has 7 rings (SSSR count). The molecule has 4 heterocycles. The molecule has 1 unspecified atom stereocenters. The van der Waals surface area contributed by atoms with E-state index in [1.807, 2.05) is 41.4 Å². The number of H-pyrrole nitrogens is 2. The largest absolute Gasteiger partial charge is 0.506 e. The van der Waals surface area contributed by atoms with Gasteiger partial charge < -0.3 is 35.1 Å². The lowest BCUT2D eigenvalue weighted by Gasteiger charge is -2.47. The zero-order valence-corrected chi connectivity index (χ0v) is 26.7. The number of halogens is 1. The van der Waals surface area contributed by atoms with E-state index >= 15 is 0 Å². The average molecular weight is 660 g/mol. The van der Waals surface area contributed by atoms with Crippen LogP contribution in [0.3, 0.4) is 0 Å². The van der Waals surface area contributed by atoms with E-state index in [0.717, 1.165) is 59.3 Å². The first-order chi connectivity index (χ1) is 22.7. The number of hydrogen-bond acceptors (Lipinski definition) is 8. The van der Waals surface area contributed by atoms with Crippen LogP contribution in [0.15, 0.2) is 65.6 Å². The number of ether oxygens (including phenoxy) is 1. The van der Waals surface area contributed by atoms with E-state index < -0.39 is 6.10 Å². The Bertz CT molecular complexity index is 1960. The molecule has 1 atom stereocenters. The summed E-state index contributed by atoms with van der Waals surface area (Å²) < 4.78 is 21.5. The minimum atomic E-state index is -0.873. The van der Waals surface area contributed by atoms with E-state index in [0.29, 0.717) is 60.6 Å². The normalized spacial score (nSPS) is 17.5. The van der Waals surface area contributed by atoms with Crippen molar-refractivity contribution in [2.75, 3.05) is 45.9 Å². The number of aromatic amines is 2. The van der Waals surface area contributed by atoms with Gasteiger partial charge in [0.2, 0.25) is 0 Å². The predicted molar refractivity (Wildman–Crippen MR) is 179 cm³/mol. The number of piperidine rings is 1. The maximum atomic E-state index is 14.6. The number of amides is 1. The third kappa shape index (κ3) is 6.83. The number of carbonyl (C=O) groups excluding carboxylic acids is 1. The highest BCUT2D eigenvalue weighted by Gasteiger charge is 2.41. The number of phenolic OH excluding ortho intramolecular Hbond substituents is 1. The molecule has 0 bridgehead atoms. The molecule has 5 aromatic rings. The molecule has 1 spiro atoms. The molecule has 2 saturated heterocycles. The molecule has 2 aromatic heterocycles. The molecule has 3 aromatic carbocycles. The van der Waals surface area contributed by atoms with Crippen LogP contribution in [0.1, 0.15) is 46.0 Å². The number of thiazole rings is 1. The van der Waals surface area contributed by atoms with Gasteiger partial charge in [-0.3, -0.25) is 14.5 Å². The summed E-state index contributed by atoms with van der Waals surface area (Å²) in [6, 6.07) is 16.0. The molecule has 2 aliphatic rings. The Morgan fingerprint density at radius 2 is 1.91 bits per heavy atom. The van der Waals surface area contributed by atoms with Gasteiger partial charge in [-0.05, 0) is 78.7 Å². The summed E-state index contributed by atoms with van der Waals surface area (Å²) in [4.78, 5) is 34.9. The fourth-order valence-corrected chi connectivity index (χ4v) is 7.82. The smallest absolute Gasteiger partial charge is 0.305 e. The van der Waals surface area contributed by atoms with Gasteiger partial charge in [0, 0.05) is 55.6 Å². The molecular weight excluding hydrogens is 621 g/mol. The first kappa shape index (κ1) is 31.5. The summed E-state index contributed by atoms with van der Waals surface area (Å²) in [5.74, 6) is -0.280. The molecule has 2 fully saturated rings. The number of carbonyl (C=O) groups is 1. The van der Waals surface area contributed by atoms with Crippen molar-refractivity contribution in [3.05, 3.63) is 98.5 Å². The number of nitrogens with zero attached hydrogens (tertiary/aromatic N) is 2. The van der Waals surface area contributed by atoms with E-state index in [2.05, 4.69) is 20.2 Å². The number of benzene rings is 3. The number of nitrogens with one attached hydrogen (secondary N) is 3. The number of aliphatic hydroxyl groups is 1. The van der Waals surface area contributed by atoms with Crippen molar-refractivity contribution in [3.63, 3.8) is 0 Å². The Hall–Kier alpha value is -4.07. The van der Waals surface area contributed by atoms with E-state index in [-0.39, 0.29) is 34.5 Å². The van der Waals surface area contributed by atoms with Gasteiger partial charge in [-0.15, -0.1) is 0 Å². The number of aromatic nitrogens is 2. The number of aliphatic hydroxyl groups excluding tert-OH is 1. The molecule has 5 N–H and O–H groups in total. The molecule has 0 aliphatic carbocycles. The molecule has 0 radical (unpaired) electrons. The third-order valence-electron chi connectivity index (χ3n) is 9.40. The molecule has 12 heteroatoms. The maximum absolute atomic E-state index is 14.6. The van der Waals surface area contributed by atoms with Gasteiger partial charge in [0.25, 0.3) is 5.91 Å². The predicted octanol–water partition coefficient (Wildman–Crippen LogP) is 4.29. The summed E-state index contributed by atoms with van der Waals surface area (Å²) in [5, 5.41) is 25.1. The molecule has 1 amide bonds. The monoisotopic (exact) mass is 659 g/mol. The van der Waals surface area contributed by atoms with Crippen molar-refractivity contribution in [1.29, 1.82) is 0 Å². The molecule has 246 valence electrons. The standard InChI is InChI=1S/C35H38FN5O5S/c36-26-16-22(5-9-37-19-30(43)27-3-4-29(42)31-32(27)47-34(45)39-31)15-23(17-26)20-40-11-7-35(8-12-40)21-41(13-14-46-35)33(44)25-2-1-24-6-10-38-28(24)18-25/h1-4,6,10,15-18,30,37-38,42-43H,5,7-9,11-14,19-21H2,(H,39,45). The van der Waals surface area contributed by atoms with Gasteiger partial charge in [-0.2, -0.15) is 0 Å². The second kappa shape index (κ2) is 13.2. The van der Waals surface area contributed by atoms with Crippen LogP contribution in [-0.2, 0) is 17.7 Å². The van der Waals surface area contributed by atoms with Crippen LogP contribution in [0.2, 0.25) is 0 Å². The van der Waals surface area contributed by atoms with E-state index in [1.165, 1.54) is 6.07 Å². The number of fused-ring (bicyclic) bond motifs is 2. The zero-order valence-electron chi connectivity index (χ0n) is 25.9. The molecule has 2 aliphatic heterocycles. The van der Waals surface area contributed by atoms with Gasteiger partial charge in [-0.1, -0.05) is 29.5 Å². The highest BCUT2D eigenvalue weighted by atomic mass is 32.1. The Balaban J connectivity index is 0.905. The van der Waals surface area contributed by atoms with Crippen LogP contribution in [-0.4, -0.2) is 87.4 Å². The van der Waals surface area contributed by atoms with Crippen LogP contribution in [0.5, 0.6) is 5.75 Å². The molecular formula is C35H38FN5O5S. The third-order valence-corrected chi connectivity index (χ3v) is 10.3. The second-order valence-electron chi connectivity index (χ2n) is 12.6. The molecule has 47 heavy (non-hydrogen) atoms. The number of aromatic hydroxyl groups is 1. The summed E-state index contributed by atoms with van der Waals surface area (Å²) in [5.41, 5.74) is 3.94. The van der Waals surface area contributed by atoms with Gasteiger partial charge in [0.05, 0.1) is 29.6 Å².